The van der Waals surface area contributed by atoms with Crippen LogP contribution >= 0.6 is 11.3 Å². The maximum absolute atomic E-state index is 2.68. The summed E-state index contributed by atoms with van der Waals surface area (Å²) in [5.41, 5.74) is 7.30. The molecule has 0 saturated carbocycles. The van der Waals surface area contributed by atoms with E-state index in [1.54, 1.807) is 0 Å². The van der Waals surface area contributed by atoms with Gasteiger partial charge in [-0.1, -0.05) is 176 Å². The van der Waals surface area contributed by atoms with Gasteiger partial charge in [0.15, 0.2) is 8.07 Å². The molecule has 9 aromatic carbocycles. The maximum Gasteiger partial charge on any atom is 0.179 e. The predicted octanol–water partition coefficient (Wildman–Crippen LogP) is 11.6. The molecule has 0 atom stereocenters. The molecule has 0 spiro atoms. The van der Waals surface area contributed by atoms with Gasteiger partial charge in [-0.15, -0.1) is 11.3 Å². The fourth-order valence-corrected chi connectivity index (χ4v) is 15.8. The van der Waals surface area contributed by atoms with Crippen molar-refractivity contribution >= 4 is 104 Å². The monoisotopic (exact) mass is 772 g/mol. The first kappa shape index (κ1) is 33.2. The lowest BCUT2D eigenvalue weighted by Gasteiger charge is -2.34. The minimum atomic E-state index is -2.68. The third-order valence-corrected chi connectivity index (χ3v) is 18.3. The first-order valence-electron chi connectivity index (χ1n) is 19.9. The van der Waals surface area contributed by atoms with Gasteiger partial charge < -0.3 is 9.13 Å². The van der Waals surface area contributed by atoms with Crippen LogP contribution in [0, 0.1) is 0 Å². The Bertz CT molecular complexity index is 3340. The van der Waals surface area contributed by atoms with Crippen LogP contribution in [0.15, 0.2) is 218 Å². The quantitative estimate of drug-likeness (QED) is 0.118. The average Bonchev–Trinajstić information content (AvgIpc) is 3.96. The SMILES string of the molecule is c1ccc([Si](c2ccccc2)(c2ccccc2)c2ccc(-n3c4ccccc4c4cc(-n5c6ccccc6c6ccccc65)c5sc6ccccc6c5c43)cc2)cc1. The Balaban J connectivity index is 1.17. The number of rotatable bonds is 6. The number of fused-ring (bicyclic) bond motifs is 10. The van der Waals surface area contributed by atoms with Gasteiger partial charge in [-0.3, -0.25) is 0 Å². The van der Waals surface area contributed by atoms with Crippen molar-refractivity contribution in [2.75, 3.05) is 0 Å². The molecule has 4 heteroatoms. The lowest BCUT2D eigenvalue weighted by atomic mass is 10.1. The van der Waals surface area contributed by atoms with E-state index in [2.05, 4.69) is 228 Å². The van der Waals surface area contributed by atoms with Gasteiger partial charge in [0.1, 0.15) is 0 Å². The van der Waals surface area contributed by atoms with Crippen LogP contribution in [-0.2, 0) is 0 Å². The first-order chi connectivity index (χ1) is 28.8. The van der Waals surface area contributed by atoms with Gasteiger partial charge in [-0.25, -0.2) is 0 Å². The van der Waals surface area contributed by atoms with Crippen LogP contribution in [0.3, 0.4) is 0 Å². The molecule has 12 rings (SSSR count). The predicted molar refractivity (Wildman–Crippen MR) is 252 cm³/mol. The fraction of sp³-hybridized carbons (Fsp3) is 0. The summed E-state index contributed by atoms with van der Waals surface area (Å²) < 4.78 is 7.62. The van der Waals surface area contributed by atoms with Crippen LogP contribution in [0.2, 0.25) is 0 Å². The van der Waals surface area contributed by atoms with Gasteiger partial charge in [0.2, 0.25) is 0 Å². The number of aromatic nitrogens is 2. The van der Waals surface area contributed by atoms with Crippen molar-refractivity contribution in [1.29, 1.82) is 0 Å². The topological polar surface area (TPSA) is 9.86 Å². The van der Waals surface area contributed by atoms with Crippen molar-refractivity contribution in [3.63, 3.8) is 0 Å². The molecule has 0 N–H and O–H groups in total. The molecule has 0 aliphatic rings. The highest BCUT2D eigenvalue weighted by Gasteiger charge is 2.41. The summed E-state index contributed by atoms with van der Waals surface area (Å²) in [4.78, 5) is 0. The molecular formula is C54H36N2SSi. The summed E-state index contributed by atoms with van der Waals surface area (Å²) in [5.74, 6) is 0. The number of hydrogen-bond donors (Lipinski definition) is 0. The zero-order valence-corrected chi connectivity index (χ0v) is 33.4. The van der Waals surface area contributed by atoms with Crippen LogP contribution in [0.1, 0.15) is 0 Å². The van der Waals surface area contributed by atoms with E-state index in [-0.39, 0.29) is 0 Å². The summed E-state index contributed by atoms with van der Waals surface area (Å²) >= 11 is 1.90. The highest BCUT2D eigenvalue weighted by Crippen LogP contribution is 2.47. The van der Waals surface area contributed by atoms with Gasteiger partial charge >= 0.3 is 0 Å². The van der Waals surface area contributed by atoms with Crippen LogP contribution in [-0.4, -0.2) is 17.2 Å². The van der Waals surface area contributed by atoms with Crippen molar-refractivity contribution in [3.05, 3.63) is 218 Å². The highest BCUT2D eigenvalue weighted by atomic mass is 32.1. The number of nitrogens with zero attached hydrogens (tertiary/aromatic N) is 2. The maximum atomic E-state index is 2.53. The Hall–Kier alpha value is -6.98. The Morgan fingerprint density at radius 3 is 1.29 bits per heavy atom. The lowest BCUT2D eigenvalue weighted by molar-refractivity contribution is 1.18. The largest absolute Gasteiger partial charge is 0.309 e. The van der Waals surface area contributed by atoms with Gasteiger partial charge in [0, 0.05) is 42.7 Å². The normalized spacial score (nSPS) is 12.1. The van der Waals surface area contributed by atoms with Crippen molar-refractivity contribution in [3.8, 4) is 11.4 Å². The molecule has 0 aliphatic heterocycles. The van der Waals surface area contributed by atoms with Gasteiger partial charge in [-0.05, 0) is 63.2 Å². The molecule has 58 heavy (non-hydrogen) atoms. The van der Waals surface area contributed by atoms with Gasteiger partial charge in [-0.2, -0.15) is 0 Å². The summed E-state index contributed by atoms with van der Waals surface area (Å²) in [5, 5.41) is 13.1. The molecule has 0 amide bonds. The van der Waals surface area contributed by atoms with Crippen LogP contribution in [0.4, 0.5) is 0 Å². The Morgan fingerprint density at radius 2 is 0.759 bits per heavy atom. The number of benzene rings is 9. The number of para-hydroxylation sites is 3. The van der Waals surface area contributed by atoms with E-state index in [1.807, 2.05) is 11.3 Å². The molecule has 0 bridgehead atoms. The van der Waals surface area contributed by atoms with Crippen molar-refractivity contribution in [2.45, 2.75) is 0 Å². The number of thiophene rings is 1. The average molecular weight is 773 g/mol. The molecule has 12 aromatic rings. The van der Waals surface area contributed by atoms with E-state index in [9.17, 15) is 0 Å². The van der Waals surface area contributed by atoms with Crippen molar-refractivity contribution < 1.29 is 0 Å². The van der Waals surface area contributed by atoms with E-state index in [0.29, 0.717) is 0 Å². The van der Waals surface area contributed by atoms with Crippen molar-refractivity contribution in [1.82, 2.24) is 9.13 Å². The van der Waals surface area contributed by atoms with E-state index in [0.717, 1.165) is 5.69 Å². The molecule has 0 unspecified atom stereocenters. The van der Waals surface area contributed by atoms with Crippen molar-refractivity contribution in [2.24, 2.45) is 0 Å². The van der Waals surface area contributed by atoms with E-state index >= 15 is 0 Å². The molecular weight excluding hydrogens is 737 g/mol. The molecule has 272 valence electrons. The first-order valence-corrected chi connectivity index (χ1v) is 22.8. The van der Waals surface area contributed by atoms with E-state index < -0.39 is 8.07 Å². The smallest absolute Gasteiger partial charge is 0.179 e. The Kier molecular flexibility index (Phi) is 7.46. The van der Waals surface area contributed by atoms with E-state index in [1.165, 1.54) is 90.2 Å². The second kappa shape index (κ2) is 13.0. The standard InChI is InChI=1S/C54H36N2SSi/c1-4-18-38(19-5-1)58(39-20-6-2-7-21-39,40-22-8-3-9-23-40)41-34-32-37(33-35-41)55-47-28-14-12-26-44(47)46-36-50(54-52(53(46)55)45-27-13-17-31-51(45)57-54)56-48-29-15-10-24-42(48)43-25-11-16-30-49(43)56/h1-36H. The van der Waals surface area contributed by atoms with Crippen LogP contribution < -0.4 is 20.7 Å². The van der Waals surface area contributed by atoms with Crippen LogP contribution in [0.25, 0.3) is 75.2 Å². The molecule has 2 nitrogen and oxygen atoms in total. The van der Waals surface area contributed by atoms with Gasteiger partial charge in [0.25, 0.3) is 0 Å². The molecule has 0 aliphatic carbocycles. The molecule has 0 fully saturated rings. The third-order valence-electron chi connectivity index (χ3n) is 12.3. The summed E-state index contributed by atoms with van der Waals surface area (Å²) in [6, 6.07) is 81.2. The lowest BCUT2D eigenvalue weighted by Crippen LogP contribution is -2.74. The zero-order chi connectivity index (χ0) is 38.2. The van der Waals surface area contributed by atoms with Crippen LogP contribution in [0.5, 0.6) is 0 Å². The zero-order valence-electron chi connectivity index (χ0n) is 31.6. The third kappa shape index (κ3) is 4.70. The molecule has 3 heterocycles. The summed E-state index contributed by atoms with van der Waals surface area (Å²) in [6.07, 6.45) is 0. The van der Waals surface area contributed by atoms with Gasteiger partial charge in [0.05, 0.1) is 32.5 Å². The highest BCUT2D eigenvalue weighted by molar-refractivity contribution is 7.26. The minimum Gasteiger partial charge on any atom is -0.309 e. The Labute approximate surface area is 341 Å². The second-order valence-electron chi connectivity index (χ2n) is 15.2. The molecule has 3 aromatic heterocycles. The fourth-order valence-electron chi connectivity index (χ4n) is 9.86. The number of hydrogen-bond acceptors (Lipinski definition) is 1. The molecule has 0 radical (unpaired) electrons. The summed E-state index contributed by atoms with van der Waals surface area (Å²) in [6.45, 7) is 0. The molecule has 0 saturated heterocycles. The Morgan fingerprint density at radius 1 is 0.345 bits per heavy atom. The second-order valence-corrected chi connectivity index (χ2v) is 20.1. The minimum absolute atomic E-state index is 1.16. The summed E-state index contributed by atoms with van der Waals surface area (Å²) in [7, 11) is -2.68. The van der Waals surface area contributed by atoms with E-state index in [4.69, 9.17) is 0 Å².